The van der Waals surface area contributed by atoms with Gasteiger partial charge in [0.1, 0.15) is 0 Å². The number of nitrogens with one attached hydrogen (secondary N) is 1. The van der Waals surface area contributed by atoms with Crippen LogP contribution in [-0.2, 0) is 11.2 Å². The van der Waals surface area contributed by atoms with Gasteiger partial charge in [-0.15, -0.1) is 11.3 Å². The molecule has 5 heteroatoms. The van der Waals surface area contributed by atoms with Crippen LogP contribution < -0.4 is 5.32 Å². The molecule has 2 aliphatic rings. The Hall–Kier alpha value is -0.490. The molecule has 4 nitrogen and oxygen atoms in total. The van der Waals surface area contributed by atoms with E-state index in [1.54, 1.807) is 11.3 Å². The van der Waals surface area contributed by atoms with E-state index in [2.05, 4.69) is 34.4 Å². The first-order valence-corrected chi connectivity index (χ1v) is 9.14. The zero-order chi connectivity index (χ0) is 14.7. The first-order valence-electron chi connectivity index (χ1n) is 8.26. The maximum Gasteiger partial charge on any atom is 0.0897 e. The van der Waals surface area contributed by atoms with Crippen molar-refractivity contribution in [2.75, 3.05) is 26.2 Å². The van der Waals surface area contributed by atoms with Crippen molar-refractivity contribution in [3.8, 4) is 0 Å². The topological polar surface area (TPSA) is 37.4 Å². The highest BCUT2D eigenvalue weighted by molar-refractivity contribution is 7.09. The molecule has 3 unspecified atom stereocenters. The predicted molar refractivity (Wildman–Crippen MR) is 87.0 cm³/mol. The van der Waals surface area contributed by atoms with Gasteiger partial charge in [-0.2, -0.15) is 0 Å². The van der Waals surface area contributed by atoms with Gasteiger partial charge >= 0.3 is 0 Å². The van der Waals surface area contributed by atoms with Gasteiger partial charge in [-0.25, -0.2) is 4.98 Å². The van der Waals surface area contributed by atoms with E-state index in [1.165, 1.54) is 25.1 Å². The Morgan fingerprint density at radius 1 is 1.57 bits per heavy atom. The summed E-state index contributed by atoms with van der Waals surface area (Å²) in [6.45, 7) is 8.59. The number of morpholine rings is 1. The van der Waals surface area contributed by atoms with Gasteiger partial charge in [0.05, 0.1) is 23.4 Å². The molecule has 0 saturated carbocycles. The van der Waals surface area contributed by atoms with Crippen molar-refractivity contribution >= 4 is 11.3 Å². The maximum atomic E-state index is 6.20. The fourth-order valence-corrected chi connectivity index (χ4v) is 4.10. The minimum Gasteiger partial charge on any atom is -0.374 e. The molecule has 0 amide bonds. The van der Waals surface area contributed by atoms with Crippen molar-refractivity contribution in [1.82, 2.24) is 15.2 Å². The lowest BCUT2D eigenvalue weighted by molar-refractivity contribution is -0.0644. The van der Waals surface area contributed by atoms with E-state index < -0.39 is 0 Å². The van der Waals surface area contributed by atoms with Gasteiger partial charge in [0.25, 0.3) is 0 Å². The van der Waals surface area contributed by atoms with Crippen molar-refractivity contribution in [2.45, 2.75) is 57.7 Å². The summed E-state index contributed by atoms with van der Waals surface area (Å²) in [4.78, 5) is 7.26. The molecule has 0 spiro atoms. The summed E-state index contributed by atoms with van der Waals surface area (Å²) >= 11 is 1.74. The highest BCUT2D eigenvalue weighted by Gasteiger charge is 2.35. The van der Waals surface area contributed by atoms with Crippen LogP contribution in [0.1, 0.15) is 36.9 Å². The molecule has 3 rings (SSSR count). The molecule has 3 heterocycles. The van der Waals surface area contributed by atoms with E-state index in [0.717, 1.165) is 37.5 Å². The SMILES string of the molecule is CCCNC(Cc1csc(C)n1)C1CN2CCCC2CO1. The minimum absolute atomic E-state index is 0.299. The Morgan fingerprint density at radius 3 is 3.24 bits per heavy atom. The number of aryl methyl sites for hydroxylation is 1. The normalized spacial score (nSPS) is 27.7. The Labute approximate surface area is 131 Å². The number of ether oxygens (including phenoxy) is 1. The molecule has 0 aromatic carbocycles. The molecule has 1 aromatic rings. The summed E-state index contributed by atoms with van der Waals surface area (Å²) in [6, 6.07) is 1.06. The zero-order valence-electron chi connectivity index (χ0n) is 13.2. The number of hydrogen-bond acceptors (Lipinski definition) is 5. The van der Waals surface area contributed by atoms with Gasteiger partial charge in [0.15, 0.2) is 0 Å². The molecular weight excluding hydrogens is 282 g/mol. The van der Waals surface area contributed by atoms with Crippen LogP contribution in [0.3, 0.4) is 0 Å². The molecule has 2 aliphatic heterocycles. The van der Waals surface area contributed by atoms with Crippen LogP contribution in [0.4, 0.5) is 0 Å². The van der Waals surface area contributed by atoms with Gasteiger partial charge < -0.3 is 10.1 Å². The Balaban J connectivity index is 1.63. The quantitative estimate of drug-likeness (QED) is 0.874. The Kier molecular flexibility index (Phi) is 5.27. The average Bonchev–Trinajstić information content (AvgIpc) is 3.11. The Morgan fingerprint density at radius 2 is 2.48 bits per heavy atom. The van der Waals surface area contributed by atoms with Gasteiger partial charge in [0.2, 0.25) is 0 Å². The first-order chi connectivity index (χ1) is 10.3. The molecular formula is C16H27N3OS. The van der Waals surface area contributed by atoms with Crippen LogP contribution in [0.2, 0.25) is 0 Å². The van der Waals surface area contributed by atoms with Gasteiger partial charge in [-0.05, 0) is 39.3 Å². The fourth-order valence-electron chi connectivity index (χ4n) is 3.48. The molecule has 1 N–H and O–H groups in total. The van der Waals surface area contributed by atoms with E-state index in [-0.39, 0.29) is 0 Å². The number of aromatic nitrogens is 1. The predicted octanol–water partition coefficient (Wildman–Crippen LogP) is 2.23. The molecule has 0 bridgehead atoms. The third-order valence-corrected chi connectivity index (χ3v) is 5.44. The van der Waals surface area contributed by atoms with Crippen LogP contribution in [0.25, 0.3) is 0 Å². The van der Waals surface area contributed by atoms with E-state index in [9.17, 15) is 0 Å². The number of thiazole rings is 1. The second kappa shape index (κ2) is 7.18. The summed E-state index contributed by atoms with van der Waals surface area (Å²) in [5.41, 5.74) is 1.21. The summed E-state index contributed by atoms with van der Waals surface area (Å²) in [6.07, 6.45) is 5.08. The number of hydrogen-bond donors (Lipinski definition) is 1. The number of rotatable bonds is 6. The lowest BCUT2D eigenvalue weighted by Crippen LogP contribution is -2.55. The van der Waals surface area contributed by atoms with Gasteiger partial charge in [-0.1, -0.05) is 6.92 Å². The molecule has 0 radical (unpaired) electrons. The van der Waals surface area contributed by atoms with Crippen LogP contribution in [0.5, 0.6) is 0 Å². The van der Waals surface area contributed by atoms with Gasteiger partial charge in [-0.3, -0.25) is 4.90 Å². The highest BCUT2D eigenvalue weighted by atomic mass is 32.1. The molecule has 21 heavy (non-hydrogen) atoms. The van der Waals surface area contributed by atoms with Crippen LogP contribution >= 0.6 is 11.3 Å². The third-order valence-electron chi connectivity index (χ3n) is 4.62. The second-order valence-electron chi connectivity index (χ2n) is 6.29. The van der Waals surface area contributed by atoms with E-state index in [1.807, 2.05) is 0 Å². The van der Waals surface area contributed by atoms with E-state index in [4.69, 9.17) is 4.74 Å². The first kappa shape index (κ1) is 15.4. The average molecular weight is 309 g/mol. The third kappa shape index (κ3) is 3.83. The standard InChI is InChI=1S/C16H27N3OS/c1-3-6-17-15(8-13-11-21-12(2)18-13)16-9-19-7-4-5-14(19)10-20-16/h11,14-17H,3-10H2,1-2H3. The second-order valence-corrected chi connectivity index (χ2v) is 7.35. The van der Waals surface area contributed by atoms with Crippen LogP contribution in [0.15, 0.2) is 5.38 Å². The van der Waals surface area contributed by atoms with Crippen molar-refractivity contribution < 1.29 is 4.74 Å². The molecule has 0 aliphatic carbocycles. The van der Waals surface area contributed by atoms with Crippen molar-refractivity contribution in [2.24, 2.45) is 0 Å². The smallest absolute Gasteiger partial charge is 0.0897 e. The number of nitrogens with zero attached hydrogens (tertiary/aromatic N) is 2. The van der Waals surface area contributed by atoms with Crippen molar-refractivity contribution in [3.05, 3.63) is 16.1 Å². The molecule has 3 atom stereocenters. The summed E-state index contributed by atoms with van der Waals surface area (Å²) in [5, 5.41) is 7.04. The summed E-state index contributed by atoms with van der Waals surface area (Å²) < 4.78 is 6.20. The van der Waals surface area contributed by atoms with Crippen LogP contribution in [-0.4, -0.2) is 54.3 Å². The zero-order valence-corrected chi connectivity index (χ0v) is 14.0. The minimum atomic E-state index is 0.299. The lowest BCUT2D eigenvalue weighted by Gasteiger charge is -2.39. The van der Waals surface area contributed by atoms with Crippen molar-refractivity contribution in [1.29, 1.82) is 0 Å². The van der Waals surface area contributed by atoms with E-state index in [0.29, 0.717) is 18.2 Å². The van der Waals surface area contributed by atoms with Crippen molar-refractivity contribution in [3.63, 3.8) is 0 Å². The fraction of sp³-hybridized carbons (Fsp3) is 0.812. The van der Waals surface area contributed by atoms with Gasteiger partial charge in [0, 0.05) is 30.4 Å². The molecule has 118 valence electrons. The van der Waals surface area contributed by atoms with Crippen LogP contribution in [0, 0.1) is 6.92 Å². The molecule has 1 aromatic heterocycles. The monoisotopic (exact) mass is 309 g/mol. The summed E-state index contributed by atoms with van der Waals surface area (Å²) in [7, 11) is 0. The molecule has 2 fully saturated rings. The van der Waals surface area contributed by atoms with E-state index >= 15 is 0 Å². The maximum absolute atomic E-state index is 6.20. The largest absolute Gasteiger partial charge is 0.374 e. The molecule has 2 saturated heterocycles. The highest BCUT2D eigenvalue weighted by Crippen LogP contribution is 2.25. The summed E-state index contributed by atoms with van der Waals surface area (Å²) in [5.74, 6) is 0. The number of fused-ring (bicyclic) bond motifs is 1. The Bertz CT molecular complexity index is 450. The lowest BCUT2D eigenvalue weighted by atomic mass is 10.0.